The molecule has 0 amide bonds. The maximum atomic E-state index is 4.46. The Balaban J connectivity index is 2.06. The van der Waals surface area contributed by atoms with E-state index in [9.17, 15) is 0 Å². The lowest BCUT2D eigenvalue weighted by molar-refractivity contribution is 0.464. The molecule has 0 radical (unpaired) electrons. The largest absolute Gasteiger partial charge is 0.317 e. The predicted octanol–water partition coefficient (Wildman–Crippen LogP) is 3.05. The van der Waals surface area contributed by atoms with Crippen molar-refractivity contribution in [2.75, 3.05) is 13.1 Å². The summed E-state index contributed by atoms with van der Waals surface area (Å²) >= 11 is 0. The molecule has 1 aromatic carbocycles. The van der Waals surface area contributed by atoms with E-state index >= 15 is 0 Å². The molecule has 2 aromatic rings. The van der Waals surface area contributed by atoms with Crippen LogP contribution in [0.15, 0.2) is 30.3 Å². The number of benzene rings is 1. The molecule has 1 aromatic heterocycles. The Bertz CT molecular complexity index is 554. The molecule has 0 fully saturated rings. The van der Waals surface area contributed by atoms with Gasteiger partial charge in [-0.3, -0.25) is 4.68 Å². The maximum Gasteiger partial charge on any atom is 0.0596 e. The Morgan fingerprint density at radius 2 is 1.86 bits per heavy atom. The number of hydrogen-bond donors (Lipinski definition) is 1. The van der Waals surface area contributed by atoms with Crippen molar-refractivity contribution in [2.45, 2.75) is 33.6 Å². The van der Waals surface area contributed by atoms with E-state index in [-0.39, 0.29) is 0 Å². The van der Waals surface area contributed by atoms with Gasteiger partial charge in [0.15, 0.2) is 0 Å². The third kappa shape index (κ3) is 4.71. The van der Waals surface area contributed by atoms with Gasteiger partial charge in [0, 0.05) is 12.7 Å². The summed E-state index contributed by atoms with van der Waals surface area (Å²) in [5.74, 6) is 0.599. The maximum absolute atomic E-state index is 4.46. The van der Waals surface area contributed by atoms with Crippen molar-refractivity contribution in [2.24, 2.45) is 13.0 Å². The average molecular weight is 285 g/mol. The summed E-state index contributed by atoms with van der Waals surface area (Å²) < 4.78 is 2.02. The van der Waals surface area contributed by atoms with Crippen LogP contribution in [-0.4, -0.2) is 22.9 Å². The van der Waals surface area contributed by atoms with Gasteiger partial charge in [0.1, 0.15) is 0 Å². The number of nitrogens with zero attached hydrogens (tertiary/aromatic N) is 2. The van der Waals surface area contributed by atoms with Crippen molar-refractivity contribution in [3.63, 3.8) is 0 Å². The van der Waals surface area contributed by atoms with Crippen LogP contribution in [0.5, 0.6) is 0 Å². The minimum Gasteiger partial charge on any atom is -0.317 e. The first-order valence-electron chi connectivity index (χ1n) is 7.84. The molecule has 1 atom stereocenters. The van der Waals surface area contributed by atoms with Crippen LogP contribution in [0.3, 0.4) is 0 Å². The van der Waals surface area contributed by atoms with Crippen molar-refractivity contribution in [1.82, 2.24) is 15.1 Å². The topological polar surface area (TPSA) is 29.9 Å². The average Bonchev–Trinajstić information content (AvgIpc) is 2.76. The Morgan fingerprint density at radius 1 is 1.14 bits per heavy atom. The van der Waals surface area contributed by atoms with Crippen LogP contribution >= 0.6 is 0 Å². The Kier molecular flexibility index (Phi) is 5.57. The van der Waals surface area contributed by atoms with E-state index in [4.69, 9.17) is 0 Å². The minimum atomic E-state index is 0.599. The van der Waals surface area contributed by atoms with Gasteiger partial charge >= 0.3 is 0 Å². The van der Waals surface area contributed by atoms with Gasteiger partial charge in [0.2, 0.25) is 0 Å². The number of nitrogens with one attached hydrogen (secondary N) is 1. The smallest absolute Gasteiger partial charge is 0.0596 e. The Labute approximate surface area is 128 Å². The fraction of sp³-hybridized carbons (Fsp3) is 0.500. The lowest BCUT2D eigenvalue weighted by Crippen LogP contribution is -2.26. The zero-order chi connectivity index (χ0) is 15.2. The summed E-state index contributed by atoms with van der Waals surface area (Å²) in [6, 6.07) is 11.1. The number of aryl methyl sites for hydroxylation is 3. The molecule has 1 unspecified atom stereocenters. The number of aromatic nitrogens is 2. The molecule has 114 valence electrons. The van der Waals surface area contributed by atoms with E-state index < -0.39 is 0 Å². The van der Waals surface area contributed by atoms with Crippen molar-refractivity contribution in [3.8, 4) is 0 Å². The van der Waals surface area contributed by atoms with Crippen molar-refractivity contribution in [1.29, 1.82) is 0 Å². The minimum absolute atomic E-state index is 0.599. The van der Waals surface area contributed by atoms with Gasteiger partial charge in [-0.2, -0.15) is 5.10 Å². The second-order valence-electron chi connectivity index (χ2n) is 5.97. The van der Waals surface area contributed by atoms with Crippen LogP contribution in [0.1, 0.15) is 29.4 Å². The molecule has 2 rings (SSSR count). The highest BCUT2D eigenvalue weighted by atomic mass is 15.3. The molecular weight excluding hydrogens is 258 g/mol. The van der Waals surface area contributed by atoms with Gasteiger partial charge in [-0.1, -0.05) is 36.8 Å². The lowest BCUT2D eigenvalue weighted by atomic mass is 9.94. The van der Waals surface area contributed by atoms with Crippen molar-refractivity contribution >= 4 is 0 Å². The van der Waals surface area contributed by atoms with E-state index in [1.165, 1.54) is 16.8 Å². The van der Waals surface area contributed by atoms with Crippen LogP contribution in [-0.2, 0) is 19.9 Å². The van der Waals surface area contributed by atoms with Gasteiger partial charge in [-0.15, -0.1) is 0 Å². The summed E-state index contributed by atoms with van der Waals surface area (Å²) in [5, 5.41) is 7.96. The first kappa shape index (κ1) is 15.8. The number of rotatable bonds is 7. The van der Waals surface area contributed by atoms with Crippen molar-refractivity contribution in [3.05, 3.63) is 52.8 Å². The molecule has 0 spiro atoms. The molecule has 0 bridgehead atoms. The first-order valence-corrected chi connectivity index (χ1v) is 7.84. The summed E-state index contributed by atoms with van der Waals surface area (Å²) in [6.07, 6.45) is 2.18. The zero-order valence-electron chi connectivity index (χ0n) is 13.7. The molecule has 0 aliphatic heterocycles. The Morgan fingerprint density at radius 3 is 2.43 bits per heavy atom. The highest BCUT2D eigenvalue weighted by Gasteiger charge is 2.13. The molecule has 0 saturated heterocycles. The Hall–Kier alpha value is -1.61. The molecule has 3 heteroatoms. The third-order valence-corrected chi connectivity index (χ3v) is 3.92. The van der Waals surface area contributed by atoms with Crippen molar-refractivity contribution < 1.29 is 0 Å². The van der Waals surface area contributed by atoms with Crippen LogP contribution < -0.4 is 5.32 Å². The molecule has 0 saturated carbocycles. The highest BCUT2D eigenvalue weighted by Crippen LogP contribution is 2.15. The van der Waals surface area contributed by atoms with Gasteiger partial charge in [0.05, 0.1) is 5.69 Å². The van der Waals surface area contributed by atoms with Gasteiger partial charge < -0.3 is 5.32 Å². The summed E-state index contributed by atoms with van der Waals surface area (Å²) in [7, 11) is 2.04. The van der Waals surface area contributed by atoms with E-state index in [0.717, 1.165) is 31.6 Å². The molecular formula is C18H27N3. The van der Waals surface area contributed by atoms with Gasteiger partial charge in [0.25, 0.3) is 0 Å². The van der Waals surface area contributed by atoms with Gasteiger partial charge in [-0.05, 0) is 57.3 Å². The number of hydrogen-bond acceptors (Lipinski definition) is 2. The fourth-order valence-corrected chi connectivity index (χ4v) is 2.77. The quantitative estimate of drug-likeness (QED) is 0.847. The highest BCUT2D eigenvalue weighted by molar-refractivity contribution is 5.22. The SMILES string of the molecule is CCNCC(Cc1ccc(C)cc1)Cc1cc(C)nn1C. The first-order chi connectivity index (χ1) is 10.1. The molecule has 3 nitrogen and oxygen atoms in total. The van der Waals surface area contributed by atoms with Crippen LogP contribution in [0.25, 0.3) is 0 Å². The van der Waals surface area contributed by atoms with Crippen LogP contribution in [0, 0.1) is 19.8 Å². The second kappa shape index (κ2) is 7.41. The summed E-state index contributed by atoms with van der Waals surface area (Å²) in [6.45, 7) is 8.43. The zero-order valence-corrected chi connectivity index (χ0v) is 13.7. The molecule has 21 heavy (non-hydrogen) atoms. The lowest BCUT2D eigenvalue weighted by Gasteiger charge is -2.17. The third-order valence-electron chi connectivity index (χ3n) is 3.92. The molecule has 1 heterocycles. The summed E-state index contributed by atoms with van der Waals surface area (Å²) in [4.78, 5) is 0. The van der Waals surface area contributed by atoms with E-state index in [2.05, 4.69) is 61.5 Å². The standard InChI is InChI=1S/C18H27N3/c1-5-19-13-17(11-16-8-6-14(2)7-9-16)12-18-10-15(3)20-21(18)4/h6-10,17,19H,5,11-13H2,1-4H3. The monoisotopic (exact) mass is 285 g/mol. The van der Waals surface area contributed by atoms with E-state index in [1.54, 1.807) is 0 Å². The molecule has 0 aliphatic carbocycles. The van der Waals surface area contributed by atoms with Crippen LogP contribution in [0.4, 0.5) is 0 Å². The molecule has 0 aliphatic rings. The predicted molar refractivity (Wildman–Crippen MR) is 88.6 cm³/mol. The van der Waals surface area contributed by atoms with Gasteiger partial charge in [-0.25, -0.2) is 0 Å². The normalized spacial score (nSPS) is 12.6. The molecule has 1 N–H and O–H groups in total. The summed E-state index contributed by atoms with van der Waals surface area (Å²) in [5.41, 5.74) is 5.17. The second-order valence-corrected chi connectivity index (χ2v) is 5.97. The van der Waals surface area contributed by atoms with E-state index in [1.807, 2.05) is 11.7 Å². The van der Waals surface area contributed by atoms with Crippen LogP contribution in [0.2, 0.25) is 0 Å². The fourth-order valence-electron chi connectivity index (χ4n) is 2.77. The van der Waals surface area contributed by atoms with E-state index in [0.29, 0.717) is 5.92 Å².